The molecule has 0 amide bonds. The molecule has 1 fully saturated rings. The number of pyridine rings is 1. The van der Waals surface area contributed by atoms with Crippen LogP contribution in [0.2, 0.25) is 5.15 Å². The summed E-state index contributed by atoms with van der Waals surface area (Å²) in [5, 5.41) is 11.6. The van der Waals surface area contributed by atoms with Gasteiger partial charge in [0.25, 0.3) is 6.04 Å². The number of aliphatic imine (C=N–C) groups is 1. The minimum Gasteiger partial charge on any atom is -0.337 e. The first kappa shape index (κ1) is 14.7. The van der Waals surface area contributed by atoms with Gasteiger partial charge in [0.05, 0.1) is 13.2 Å². The van der Waals surface area contributed by atoms with Gasteiger partial charge < -0.3 is 4.90 Å². The quantitative estimate of drug-likeness (QED) is 0.475. The van der Waals surface area contributed by atoms with Crippen molar-refractivity contribution in [3.63, 3.8) is 0 Å². The summed E-state index contributed by atoms with van der Waals surface area (Å²) in [5.74, 6) is 0.503. The highest BCUT2D eigenvalue weighted by molar-refractivity contribution is 6.29. The van der Waals surface area contributed by atoms with Crippen molar-refractivity contribution >= 4 is 17.4 Å². The first-order chi connectivity index (χ1) is 9.51. The number of nitro groups is 1. The summed E-state index contributed by atoms with van der Waals surface area (Å²) >= 11 is 5.75. The number of hydrogen-bond donors (Lipinski definition) is 0. The van der Waals surface area contributed by atoms with Gasteiger partial charge in [0, 0.05) is 24.7 Å². The fourth-order valence-corrected chi connectivity index (χ4v) is 2.42. The molecule has 20 heavy (non-hydrogen) atoms. The second-order valence-electron chi connectivity index (χ2n) is 4.75. The van der Waals surface area contributed by atoms with Gasteiger partial charge in [-0.05, 0) is 18.7 Å². The monoisotopic (exact) mass is 297 g/mol. The Bertz CT molecular complexity index is 519. The Hall–Kier alpha value is -1.73. The largest absolute Gasteiger partial charge is 0.337 e. The number of nitrogens with zero attached hydrogens (tertiary/aromatic N) is 5. The molecule has 1 unspecified atom stereocenters. The molecule has 2 heterocycles. The van der Waals surface area contributed by atoms with Crippen molar-refractivity contribution in [3.8, 4) is 0 Å². The van der Waals surface area contributed by atoms with Gasteiger partial charge in [-0.25, -0.2) is 4.98 Å². The first-order valence-electron chi connectivity index (χ1n) is 6.15. The first-order valence-corrected chi connectivity index (χ1v) is 6.53. The standard InChI is InChI=1S/C12H16ClN5O2/c1-14-12-10(18(19)20)7-16(2)8-17(12)6-9-3-4-11(13)15-5-9/h3-5,10H,6-8H2,1-2H3. The number of hydrogen-bond acceptors (Lipinski definition) is 5. The molecule has 8 heteroatoms. The van der Waals surface area contributed by atoms with Crippen LogP contribution in [0.4, 0.5) is 0 Å². The van der Waals surface area contributed by atoms with Gasteiger partial charge in [-0.1, -0.05) is 17.7 Å². The number of aromatic nitrogens is 1. The molecule has 7 nitrogen and oxygen atoms in total. The number of likely N-dealkylation sites (N-methyl/N-ethyl adjacent to an activating group) is 1. The normalized spacial score (nSPS) is 22.2. The zero-order valence-corrected chi connectivity index (χ0v) is 12.1. The lowest BCUT2D eigenvalue weighted by Crippen LogP contribution is -2.56. The Balaban J connectivity index is 2.19. The van der Waals surface area contributed by atoms with Crippen LogP contribution in [0.3, 0.4) is 0 Å². The van der Waals surface area contributed by atoms with Gasteiger partial charge in [-0.15, -0.1) is 0 Å². The molecule has 1 saturated heterocycles. The molecular weight excluding hydrogens is 282 g/mol. The molecule has 0 aliphatic carbocycles. The molecule has 0 bridgehead atoms. The van der Waals surface area contributed by atoms with Crippen LogP contribution >= 0.6 is 11.6 Å². The number of rotatable bonds is 3. The van der Waals surface area contributed by atoms with Crippen molar-refractivity contribution in [3.05, 3.63) is 39.2 Å². The van der Waals surface area contributed by atoms with Gasteiger partial charge >= 0.3 is 0 Å². The van der Waals surface area contributed by atoms with Gasteiger partial charge in [0.2, 0.25) is 0 Å². The maximum atomic E-state index is 11.2. The van der Waals surface area contributed by atoms with E-state index in [1.807, 2.05) is 22.9 Å². The van der Waals surface area contributed by atoms with Gasteiger partial charge in [0.1, 0.15) is 5.15 Å². The van der Waals surface area contributed by atoms with E-state index in [9.17, 15) is 10.1 Å². The van der Waals surface area contributed by atoms with Crippen molar-refractivity contribution in [2.45, 2.75) is 12.6 Å². The highest BCUT2D eigenvalue weighted by Crippen LogP contribution is 2.15. The van der Waals surface area contributed by atoms with Crippen molar-refractivity contribution in [1.29, 1.82) is 0 Å². The lowest BCUT2D eigenvalue weighted by Gasteiger charge is -2.36. The average Bonchev–Trinajstić information content (AvgIpc) is 2.40. The Morgan fingerprint density at radius 2 is 2.35 bits per heavy atom. The third-order valence-corrected chi connectivity index (χ3v) is 3.39. The second kappa shape index (κ2) is 6.15. The van der Waals surface area contributed by atoms with Gasteiger partial charge in [-0.2, -0.15) is 0 Å². The third-order valence-electron chi connectivity index (χ3n) is 3.16. The van der Waals surface area contributed by atoms with Crippen molar-refractivity contribution in [1.82, 2.24) is 14.8 Å². The summed E-state index contributed by atoms with van der Waals surface area (Å²) in [7, 11) is 3.44. The van der Waals surface area contributed by atoms with Gasteiger partial charge in [0.15, 0.2) is 5.84 Å². The Morgan fingerprint density at radius 1 is 1.60 bits per heavy atom. The molecule has 2 rings (SSSR count). The third kappa shape index (κ3) is 3.23. The molecule has 0 radical (unpaired) electrons. The number of halogens is 1. The van der Waals surface area contributed by atoms with E-state index in [0.717, 1.165) is 5.56 Å². The summed E-state index contributed by atoms with van der Waals surface area (Å²) in [5.41, 5.74) is 0.938. The van der Waals surface area contributed by atoms with Crippen LogP contribution in [-0.4, -0.2) is 58.9 Å². The van der Waals surface area contributed by atoms with E-state index in [2.05, 4.69) is 9.98 Å². The molecule has 1 aliphatic heterocycles. The van der Waals surface area contributed by atoms with E-state index < -0.39 is 6.04 Å². The van der Waals surface area contributed by atoms with E-state index in [4.69, 9.17) is 11.6 Å². The predicted molar refractivity (Wildman–Crippen MR) is 76.4 cm³/mol. The van der Waals surface area contributed by atoms with Crippen LogP contribution in [-0.2, 0) is 6.54 Å². The number of amidine groups is 1. The van der Waals surface area contributed by atoms with Crippen LogP contribution in [0.25, 0.3) is 0 Å². The van der Waals surface area contributed by atoms with E-state index in [0.29, 0.717) is 30.7 Å². The lowest BCUT2D eigenvalue weighted by atomic mass is 10.1. The Kier molecular flexibility index (Phi) is 4.51. The molecule has 1 aliphatic rings. The maximum absolute atomic E-state index is 11.2. The molecule has 1 atom stereocenters. The predicted octanol–water partition coefficient (Wildman–Crippen LogP) is 1.11. The van der Waals surface area contributed by atoms with E-state index in [-0.39, 0.29) is 4.92 Å². The summed E-state index contributed by atoms with van der Waals surface area (Å²) in [6, 6.07) is 2.77. The van der Waals surface area contributed by atoms with E-state index >= 15 is 0 Å². The van der Waals surface area contributed by atoms with Crippen LogP contribution in [0, 0.1) is 10.1 Å². The lowest BCUT2D eigenvalue weighted by molar-refractivity contribution is -0.506. The van der Waals surface area contributed by atoms with Crippen LogP contribution in [0.5, 0.6) is 0 Å². The van der Waals surface area contributed by atoms with E-state index in [1.165, 1.54) is 0 Å². The fraction of sp³-hybridized carbons (Fsp3) is 0.500. The zero-order chi connectivity index (χ0) is 14.7. The Morgan fingerprint density at radius 3 is 2.90 bits per heavy atom. The highest BCUT2D eigenvalue weighted by atomic mass is 35.5. The van der Waals surface area contributed by atoms with E-state index in [1.54, 1.807) is 19.3 Å². The zero-order valence-electron chi connectivity index (χ0n) is 11.4. The smallest absolute Gasteiger partial charge is 0.281 e. The van der Waals surface area contributed by atoms with Crippen LogP contribution in [0.1, 0.15) is 5.56 Å². The topological polar surface area (TPSA) is 74.9 Å². The summed E-state index contributed by atoms with van der Waals surface area (Å²) in [4.78, 5) is 22.8. The molecule has 1 aromatic heterocycles. The van der Waals surface area contributed by atoms with Gasteiger partial charge in [-0.3, -0.25) is 20.0 Å². The molecule has 108 valence electrons. The second-order valence-corrected chi connectivity index (χ2v) is 5.14. The van der Waals surface area contributed by atoms with Crippen LogP contribution < -0.4 is 0 Å². The molecule has 0 N–H and O–H groups in total. The SMILES string of the molecule is CN=C1C([N+](=O)[O-])CN(C)CN1Cc1ccc(Cl)nc1. The molecular formula is C12H16ClN5O2. The summed E-state index contributed by atoms with van der Waals surface area (Å²) in [6.45, 7) is 1.49. The summed E-state index contributed by atoms with van der Waals surface area (Å²) in [6.07, 6.45) is 1.67. The van der Waals surface area contributed by atoms with Crippen LogP contribution in [0.15, 0.2) is 23.3 Å². The fourth-order valence-electron chi connectivity index (χ4n) is 2.31. The minimum absolute atomic E-state index is 0.287. The van der Waals surface area contributed by atoms with Crippen molar-refractivity contribution in [2.24, 2.45) is 4.99 Å². The van der Waals surface area contributed by atoms with Crippen molar-refractivity contribution in [2.75, 3.05) is 27.3 Å². The highest BCUT2D eigenvalue weighted by Gasteiger charge is 2.37. The summed E-state index contributed by atoms with van der Waals surface area (Å²) < 4.78 is 0. The molecule has 1 aromatic rings. The average molecular weight is 298 g/mol. The minimum atomic E-state index is -0.793. The molecule has 0 spiro atoms. The van der Waals surface area contributed by atoms with Crippen molar-refractivity contribution < 1.29 is 4.92 Å². The maximum Gasteiger partial charge on any atom is 0.281 e. The Labute approximate surface area is 122 Å². The molecule has 0 aromatic carbocycles. The molecule has 0 saturated carbocycles.